The summed E-state index contributed by atoms with van der Waals surface area (Å²) in [4.78, 5) is 12.3. The summed E-state index contributed by atoms with van der Waals surface area (Å²) in [6.07, 6.45) is 0. The number of hydrogen-bond acceptors (Lipinski definition) is 4. The first-order chi connectivity index (χ1) is 12.0. The van der Waals surface area contributed by atoms with Crippen LogP contribution in [0, 0.1) is 6.92 Å². The van der Waals surface area contributed by atoms with E-state index in [1.54, 1.807) is 24.3 Å². The number of halogens is 2. The van der Waals surface area contributed by atoms with Gasteiger partial charge in [0.1, 0.15) is 0 Å². The number of benzene rings is 2. The van der Waals surface area contributed by atoms with Crippen LogP contribution in [-0.2, 0) is 0 Å². The Balaban J connectivity index is 1.67. The van der Waals surface area contributed by atoms with Crippen LogP contribution in [0.3, 0.4) is 0 Å². The fourth-order valence-corrected chi connectivity index (χ4v) is 2.62. The molecule has 126 valence electrons. The highest BCUT2D eigenvalue weighted by molar-refractivity contribution is 6.37. The molecule has 0 atom stereocenters. The highest BCUT2D eigenvalue weighted by atomic mass is 35.5. The third-order valence-electron chi connectivity index (χ3n) is 3.39. The Hall–Kier alpha value is -2.63. The van der Waals surface area contributed by atoms with Gasteiger partial charge in [-0.15, -0.1) is 5.10 Å². The first-order valence-corrected chi connectivity index (χ1v) is 8.21. The largest absolute Gasteiger partial charge is 0.339 e. The van der Waals surface area contributed by atoms with E-state index in [0.717, 1.165) is 11.4 Å². The Morgan fingerprint density at radius 2 is 1.64 bits per heavy atom. The number of aromatic nitrogens is 2. The van der Waals surface area contributed by atoms with Crippen molar-refractivity contribution in [3.8, 4) is 0 Å². The van der Waals surface area contributed by atoms with Crippen molar-refractivity contribution in [3.05, 3.63) is 75.9 Å². The molecule has 1 aromatic heterocycles. The van der Waals surface area contributed by atoms with Crippen LogP contribution in [0.25, 0.3) is 0 Å². The van der Waals surface area contributed by atoms with E-state index in [9.17, 15) is 4.79 Å². The molecule has 7 heteroatoms. The summed E-state index contributed by atoms with van der Waals surface area (Å²) < 4.78 is 0. The van der Waals surface area contributed by atoms with E-state index in [1.807, 2.05) is 31.2 Å². The Kier molecular flexibility index (Phi) is 5.16. The lowest BCUT2D eigenvalue weighted by Gasteiger charge is -2.09. The minimum Gasteiger partial charge on any atom is -0.339 e. The summed E-state index contributed by atoms with van der Waals surface area (Å²) in [7, 11) is 0. The SMILES string of the molecule is Cc1ccc(Nc2ccc(NC(=O)c3ccc(Cl)cc3Cl)cc2)nn1. The van der Waals surface area contributed by atoms with E-state index >= 15 is 0 Å². The second-order valence-electron chi connectivity index (χ2n) is 5.34. The quantitative estimate of drug-likeness (QED) is 0.669. The zero-order valence-corrected chi connectivity index (χ0v) is 14.8. The van der Waals surface area contributed by atoms with Crippen molar-refractivity contribution in [2.75, 3.05) is 10.6 Å². The summed E-state index contributed by atoms with van der Waals surface area (Å²) in [6.45, 7) is 1.88. The van der Waals surface area contributed by atoms with Crippen LogP contribution < -0.4 is 10.6 Å². The Bertz CT molecular complexity index is 896. The topological polar surface area (TPSA) is 66.9 Å². The fraction of sp³-hybridized carbons (Fsp3) is 0.0556. The maximum absolute atomic E-state index is 12.3. The van der Waals surface area contributed by atoms with Crippen molar-refractivity contribution in [1.29, 1.82) is 0 Å². The molecule has 1 heterocycles. The summed E-state index contributed by atoms with van der Waals surface area (Å²) in [5.41, 5.74) is 2.70. The number of nitrogens with one attached hydrogen (secondary N) is 2. The summed E-state index contributed by atoms with van der Waals surface area (Å²) in [6, 6.07) is 15.7. The van der Waals surface area contributed by atoms with Gasteiger partial charge in [-0.2, -0.15) is 5.10 Å². The lowest BCUT2D eigenvalue weighted by atomic mass is 10.2. The molecule has 0 aliphatic rings. The van der Waals surface area contributed by atoms with Gasteiger partial charge in [-0.3, -0.25) is 4.79 Å². The summed E-state index contributed by atoms with van der Waals surface area (Å²) in [5.74, 6) is 0.349. The van der Waals surface area contributed by atoms with Gasteiger partial charge in [-0.25, -0.2) is 0 Å². The molecule has 3 rings (SSSR count). The smallest absolute Gasteiger partial charge is 0.257 e. The Labute approximate surface area is 155 Å². The van der Waals surface area contributed by atoms with E-state index in [4.69, 9.17) is 23.2 Å². The van der Waals surface area contributed by atoms with E-state index in [0.29, 0.717) is 27.1 Å². The molecular weight excluding hydrogens is 359 g/mol. The maximum Gasteiger partial charge on any atom is 0.257 e. The van der Waals surface area contributed by atoms with Gasteiger partial charge in [0.2, 0.25) is 0 Å². The number of aryl methyl sites for hydroxylation is 1. The predicted molar refractivity (Wildman–Crippen MR) is 101 cm³/mol. The van der Waals surface area contributed by atoms with Crippen molar-refractivity contribution in [2.24, 2.45) is 0 Å². The molecule has 0 bridgehead atoms. The van der Waals surface area contributed by atoms with Crippen LogP contribution in [0.15, 0.2) is 54.6 Å². The number of amides is 1. The second-order valence-corrected chi connectivity index (χ2v) is 6.18. The molecule has 0 saturated heterocycles. The molecule has 0 fully saturated rings. The zero-order chi connectivity index (χ0) is 17.8. The number of anilines is 3. The normalized spacial score (nSPS) is 10.4. The van der Waals surface area contributed by atoms with Gasteiger partial charge in [0.05, 0.1) is 16.3 Å². The second kappa shape index (κ2) is 7.51. The van der Waals surface area contributed by atoms with Crippen molar-refractivity contribution in [2.45, 2.75) is 6.92 Å². The van der Waals surface area contributed by atoms with Crippen LogP contribution in [-0.4, -0.2) is 16.1 Å². The van der Waals surface area contributed by atoms with E-state index in [2.05, 4.69) is 20.8 Å². The van der Waals surface area contributed by atoms with Crippen LogP contribution in [0.5, 0.6) is 0 Å². The number of nitrogens with zero attached hydrogens (tertiary/aromatic N) is 2. The molecule has 1 amide bonds. The summed E-state index contributed by atoms with van der Waals surface area (Å²) in [5, 5.41) is 14.8. The van der Waals surface area contributed by atoms with Gasteiger partial charge in [-0.05, 0) is 61.5 Å². The minimum atomic E-state index is -0.299. The predicted octanol–water partition coefficient (Wildman–Crippen LogP) is 5.09. The van der Waals surface area contributed by atoms with Gasteiger partial charge < -0.3 is 10.6 Å². The Morgan fingerprint density at radius 1 is 0.920 bits per heavy atom. The van der Waals surface area contributed by atoms with Gasteiger partial charge in [0.15, 0.2) is 5.82 Å². The lowest BCUT2D eigenvalue weighted by Crippen LogP contribution is -2.12. The molecule has 2 N–H and O–H groups in total. The highest BCUT2D eigenvalue weighted by Gasteiger charge is 2.11. The van der Waals surface area contributed by atoms with E-state index < -0.39 is 0 Å². The number of hydrogen-bond donors (Lipinski definition) is 2. The molecule has 0 aliphatic heterocycles. The van der Waals surface area contributed by atoms with E-state index in [-0.39, 0.29) is 5.91 Å². The van der Waals surface area contributed by atoms with Gasteiger partial charge in [-0.1, -0.05) is 23.2 Å². The Morgan fingerprint density at radius 3 is 2.28 bits per heavy atom. The lowest BCUT2D eigenvalue weighted by molar-refractivity contribution is 0.102. The number of rotatable bonds is 4. The average Bonchev–Trinajstić information content (AvgIpc) is 2.58. The molecule has 5 nitrogen and oxygen atoms in total. The minimum absolute atomic E-state index is 0.299. The molecular formula is C18H14Cl2N4O. The number of carbonyl (C=O) groups excluding carboxylic acids is 1. The molecule has 0 saturated carbocycles. The molecule has 3 aromatic rings. The molecule has 25 heavy (non-hydrogen) atoms. The fourth-order valence-electron chi connectivity index (χ4n) is 2.12. The van der Waals surface area contributed by atoms with Crippen LogP contribution in [0.4, 0.5) is 17.2 Å². The van der Waals surface area contributed by atoms with Crippen LogP contribution >= 0.6 is 23.2 Å². The van der Waals surface area contributed by atoms with Crippen molar-refractivity contribution >= 4 is 46.3 Å². The molecule has 0 aliphatic carbocycles. The molecule has 0 radical (unpaired) electrons. The average molecular weight is 373 g/mol. The third-order valence-corrected chi connectivity index (χ3v) is 3.94. The standard InChI is InChI=1S/C18H14Cl2N4O/c1-11-2-9-17(24-23-11)21-13-4-6-14(7-5-13)22-18(25)15-8-3-12(19)10-16(15)20/h2-10H,1H3,(H,21,24)(H,22,25). The number of carbonyl (C=O) groups is 1. The van der Waals surface area contributed by atoms with E-state index in [1.165, 1.54) is 6.07 Å². The van der Waals surface area contributed by atoms with Gasteiger partial charge in [0, 0.05) is 16.4 Å². The molecule has 0 unspecified atom stereocenters. The monoisotopic (exact) mass is 372 g/mol. The molecule has 0 spiro atoms. The van der Waals surface area contributed by atoms with Crippen molar-refractivity contribution < 1.29 is 4.79 Å². The van der Waals surface area contributed by atoms with Crippen LogP contribution in [0.1, 0.15) is 16.1 Å². The first-order valence-electron chi connectivity index (χ1n) is 7.45. The summed E-state index contributed by atoms with van der Waals surface area (Å²) >= 11 is 11.9. The first kappa shape index (κ1) is 17.2. The van der Waals surface area contributed by atoms with Crippen molar-refractivity contribution in [1.82, 2.24) is 10.2 Å². The third kappa shape index (κ3) is 4.47. The highest BCUT2D eigenvalue weighted by Crippen LogP contribution is 2.23. The van der Waals surface area contributed by atoms with Crippen molar-refractivity contribution in [3.63, 3.8) is 0 Å². The van der Waals surface area contributed by atoms with Gasteiger partial charge in [0.25, 0.3) is 5.91 Å². The molecule has 2 aromatic carbocycles. The maximum atomic E-state index is 12.3. The zero-order valence-electron chi connectivity index (χ0n) is 13.3. The van der Waals surface area contributed by atoms with Gasteiger partial charge >= 0.3 is 0 Å². The van der Waals surface area contributed by atoms with Crippen LogP contribution in [0.2, 0.25) is 10.0 Å².